The predicted octanol–water partition coefficient (Wildman–Crippen LogP) is 5.35. The van der Waals surface area contributed by atoms with E-state index in [4.69, 9.17) is 0 Å². The van der Waals surface area contributed by atoms with Gasteiger partial charge in [-0.15, -0.1) is 21.5 Å². The molecule has 0 radical (unpaired) electrons. The summed E-state index contributed by atoms with van der Waals surface area (Å²) in [6.45, 7) is 4.07. The van der Waals surface area contributed by atoms with Crippen molar-refractivity contribution < 1.29 is 4.79 Å². The van der Waals surface area contributed by atoms with Crippen LogP contribution in [-0.2, 0) is 11.2 Å². The van der Waals surface area contributed by atoms with Crippen LogP contribution in [0.2, 0.25) is 0 Å². The number of benzene rings is 2. The number of nitrogens with zero attached hydrogens (tertiary/aromatic N) is 3. The Labute approximate surface area is 177 Å². The third kappa shape index (κ3) is 4.46. The van der Waals surface area contributed by atoms with Crippen molar-refractivity contribution in [3.8, 4) is 11.3 Å². The van der Waals surface area contributed by atoms with Crippen LogP contribution >= 0.6 is 23.1 Å². The third-order valence-electron chi connectivity index (χ3n) is 4.40. The van der Waals surface area contributed by atoms with Crippen molar-refractivity contribution in [3.05, 3.63) is 65.2 Å². The largest absolute Gasteiger partial charge is 0.325 e. The highest BCUT2D eigenvalue weighted by Crippen LogP contribution is 2.35. The fraction of sp³-hybridized carbons (Fsp3) is 0.182. The lowest BCUT2D eigenvalue weighted by molar-refractivity contribution is -0.113. The van der Waals surface area contributed by atoms with Gasteiger partial charge in [0.25, 0.3) is 0 Å². The highest BCUT2D eigenvalue weighted by Gasteiger charge is 2.16. The van der Waals surface area contributed by atoms with Gasteiger partial charge in [-0.3, -0.25) is 4.79 Å². The number of aromatic nitrogens is 3. The fourth-order valence-electron chi connectivity index (χ4n) is 3.00. The average Bonchev–Trinajstić information content (AvgIpc) is 3.14. The molecular formula is C22H20N4OS2. The summed E-state index contributed by atoms with van der Waals surface area (Å²) < 4.78 is 1.00. The van der Waals surface area contributed by atoms with E-state index in [9.17, 15) is 4.79 Å². The topological polar surface area (TPSA) is 67.8 Å². The minimum Gasteiger partial charge on any atom is -0.325 e. The normalized spacial score (nSPS) is 11.0. The molecule has 1 amide bonds. The van der Waals surface area contributed by atoms with Crippen LogP contribution in [0.1, 0.15) is 17.5 Å². The van der Waals surface area contributed by atoms with Crippen molar-refractivity contribution in [2.45, 2.75) is 25.3 Å². The van der Waals surface area contributed by atoms with Crippen LogP contribution in [0.5, 0.6) is 0 Å². The highest BCUT2D eigenvalue weighted by atomic mass is 32.2. The third-order valence-corrected chi connectivity index (χ3v) is 6.33. The van der Waals surface area contributed by atoms with Crippen molar-refractivity contribution in [1.29, 1.82) is 0 Å². The number of carbonyl (C=O) groups is 1. The summed E-state index contributed by atoms with van der Waals surface area (Å²) >= 11 is 2.96. The second-order valence-electron chi connectivity index (χ2n) is 6.52. The Morgan fingerprint density at radius 1 is 1.10 bits per heavy atom. The van der Waals surface area contributed by atoms with Crippen molar-refractivity contribution in [2.24, 2.45) is 0 Å². The van der Waals surface area contributed by atoms with Crippen molar-refractivity contribution in [3.63, 3.8) is 0 Å². The van der Waals surface area contributed by atoms with Gasteiger partial charge in [-0.1, -0.05) is 61.2 Å². The van der Waals surface area contributed by atoms with Crippen LogP contribution in [-0.4, -0.2) is 26.8 Å². The van der Waals surface area contributed by atoms with E-state index in [1.165, 1.54) is 17.3 Å². The first-order chi connectivity index (χ1) is 14.1. The zero-order valence-electron chi connectivity index (χ0n) is 16.2. The maximum atomic E-state index is 12.4. The molecule has 0 aliphatic carbocycles. The van der Waals surface area contributed by atoms with E-state index in [1.807, 2.05) is 55.5 Å². The molecule has 1 N–H and O–H groups in total. The molecule has 146 valence electrons. The summed E-state index contributed by atoms with van der Waals surface area (Å²) in [5.41, 5.74) is 4.66. The number of fused-ring (bicyclic) bond motifs is 1. The second-order valence-corrected chi connectivity index (χ2v) is 8.69. The zero-order chi connectivity index (χ0) is 20.2. The quantitative estimate of drug-likeness (QED) is 0.426. The Hall–Kier alpha value is -2.77. The zero-order valence-corrected chi connectivity index (χ0v) is 17.8. The molecule has 0 atom stereocenters. The first-order valence-electron chi connectivity index (χ1n) is 9.35. The van der Waals surface area contributed by atoms with Crippen LogP contribution in [0.15, 0.2) is 59.6 Å². The molecule has 0 fully saturated rings. The van der Waals surface area contributed by atoms with Crippen LogP contribution in [0, 0.1) is 6.92 Å². The number of thiazole rings is 1. The number of carbonyl (C=O) groups excluding carboxylic acids is 1. The van der Waals surface area contributed by atoms with Gasteiger partial charge in [-0.05, 0) is 31.0 Å². The minimum atomic E-state index is -0.0720. The molecule has 2 aromatic carbocycles. The maximum absolute atomic E-state index is 12.4. The minimum absolute atomic E-state index is 0.0720. The van der Waals surface area contributed by atoms with Crippen LogP contribution in [0.3, 0.4) is 0 Å². The van der Waals surface area contributed by atoms with E-state index in [-0.39, 0.29) is 11.7 Å². The van der Waals surface area contributed by atoms with Crippen LogP contribution in [0.25, 0.3) is 21.5 Å². The number of hydrogen-bond donors (Lipinski definition) is 1. The lowest BCUT2D eigenvalue weighted by atomic mass is 10.1. The summed E-state index contributed by atoms with van der Waals surface area (Å²) in [6.07, 6.45) is 0.934. The smallest absolute Gasteiger partial charge is 0.234 e. The molecule has 0 aliphatic heterocycles. The molecule has 29 heavy (non-hydrogen) atoms. The number of hydrogen-bond acceptors (Lipinski definition) is 6. The van der Waals surface area contributed by atoms with Gasteiger partial charge >= 0.3 is 0 Å². The Kier molecular flexibility index (Phi) is 5.87. The van der Waals surface area contributed by atoms with E-state index >= 15 is 0 Å². The first kappa shape index (κ1) is 19.5. The first-order valence-corrected chi connectivity index (χ1v) is 11.1. The fourth-order valence-corrected chi connectivity index (χ4v) is 4.72. The molecule has 0 aliphatic rings. The summed E-state index contributed by atoms with van der Waals surface area (Å²) in [5, 5.41) is 13.4. The van der Waals surface area contributed by atoms with Crippen molar-refractivity contribution >= 4 is 44.9 Å². The van der Waals surface area contributed by atoms with Crippen LogP contribution < -0.4 is 5.32 Å². The summed E-state index contributed by atoms with van der Waals surface area (Å²) in [6, 6.07) is 17.9. The molecule has 2 heterocycles. The summed E-state index contributed by atoms with van der Waals surface area (Å²) in [5.74, 6) is 0.179. The van der Waals surface area contributed by atoms with Crippen LogP contribution in [0.4, 0.5) is 5.69 Å². The Bertz CT molecular complexity index is 1160. The van der Waals surface area contributed by atoms with Gasteiger partial charge in [-0.2, -0.15) is 0 Å². The molecule has 0 saturated carbocycles. The Balaban J connectivity index is 1.53. The molecule has 0 bridgehead atoms. The number of nitrogens with one attached hydrogen (secondary N) is 1. The molecule has 4 rings (SSSR count). The van der Waals surface area contributed by atoms with Crippen molar-refractivity contribution in [2.75, 3.05) is 11.1 Å². The molecule has 5 nitrogen and oxygen atoms in total. The van der Waals surface area contributed by atoms with Gasteiger partial charge < -0.3 is 5.32 Å². The highest BCUT2D eigenvalue weighted by molar-refractivity contribution is 8.00. The van der Waals surface area contributed by atoms with Crippen molar-refractivity contribution in [1.82, 2.24) is 15.2 Å². The van der Waals surface area contributed by atoms with Gasteiger partial charge in [0.2, 0.25) is 5.91 Å². The van der Waals surface area contributed by atoms with E-state index < -0.39 is 0 Å². The number of aryl methyl sites for hydroxylation is 2. The Morgan fingerprint density at radius 3 is 2.72 bits per heavy atom. The molecule has 2 aromatic heterocycles. The van der Waals surface area contributed by atoms with Gasteiger partial charge in [0, 0.05) is 11.3 Å². The van der Waals surface area contributed by atoms with E-state index in [1.54, 1.807) is 11.3 Å². The molecular weight excluding hydrogens is 400 g/mol. The molecule has 0 saturated heterocycles. The Morgan fingerprint density at radius 2 is 1.93 bits per heavy atom. The SMILES string of the molecule is CCc1cccc(NC(=O)CSc2nnc(-c3ccccc3)c3sc(C)nc23)c1. The monoisotopic (exact) mass is 420 g/mol. The van der Waals surface area contributed by atoms with E-state index in [2.05, 4.69) is 33.5 Å². The number of amides is 1. The van der Waals surface area contributed by atoms with Gasteiger partial charge in [0.15, 0.2) is 0 Å². The van der Waals surface area contributed by atoms with E-state index in [0.29, 0.717) is 5.03 Å². The molecule has 4 aromatic rings. The number of rotatable bonds is 6. The summed E-state index contributed by atoms with van der Waals surface area (Å²) in [4.78, 5) is 17.1. The van der Waals surface area contributed by atoms with Gasteiger partial charge in [-0.25, -0.2) is 4.98 Å². The molecule has 0 spiro atoms. The summed E-state index contributed by atoms with van der Waals surface area (Å²) in [7, 11) is 0. The number of anilines is 1. The van der Waals surface area contributed by atoms with Gasteiger partial charge in [0.1, 0.15) is 16.2 Å². The molecule has 7 heteroatoms. The lowest BCUT2D eigenvalue weighted by Crippen LogP contribution is -2.14. The average molecular weight is 421 g/mol. The second kappa shape index (κ2) is 8.71. The predicted molar refractivity (Wildman–Crippen MR) is 121 cm³/mol. The maximum Gasteiger partial charge on any atom is 0.234 e. The lowest BCUT2D eigenvalue weighted by Gasteiger charge is -2.07. The van der Waals surface area contributed by atoms with Gasteiger partial charge in [0.05, 0.1) is 15.5 Å². The van der Waals surface area contributed by atoms with E-state index in [0.717, 1.165) is 38.6 Å². The standard InChI is InChI=1S/C22H20N4OS2/c1-3-15-8-7-11-17(12-15)24-18(27)13-28-22-20-21(29-14(2)23-20)19(25-26-22)16-9-5-4-6-10-16/h4-12H,3,13H2,1-2H3,(H,24,27). The number of thioether (sulfide) groups is 1. The molecule has 0 unspecified atom stereocenters.